The third kappa shape index (κ3) is 4.03. The highest BCUT2D eigenvalue weighted by atomic mass is 32.2. The molecule has 0 aromatic carbocycles. The molecular weight excluding hydrogens is 208 g/mol. The molecule has 1 amide bonds. The van der Waals surface area contributed by atoms with Crippen molar-refractivity contribution in [2.75, 3.05) is 6.26 Å². The van der Waals surface area contributed by atoms with Gasteiger partial charge in [-0.05, 0) is 25.0 Å². The van der Waals surface area contributed by atoms with Crippen molar-refractivity contribution < 1.29 is 4.79 Å². The topological polar surface area (TPSA) is 55.1 Å². The summed E-state index contributed by atoms with van der Waals surface area (Å²) in [6.07, 6.45) is 7.74. The minimum atomic E-state index is 0.0443. The molecule has 1 saturated carbocycles. The largest absolute Gasteiger partial charge is 0.342 e. The summed E-state index contributed by atoms with van der Waals surface area (Å²) in [7, 11) is 0. The molecule has 0 heterocycles. The van der Waals surface area contributed by atoms with Gasteiger partial charge in [-0.25, -0.2) is 0 Å². The summed E-state index contributed by atoms with van der Waals surface area (Å²) in [6.45, 7) is 2.19. The van der Waals surface area contributed by atoms with Gasteiger partial charge in [-0.1, -0.05) is 37.9 Å². The highest BCUT2D eigenvalue weighted by molar-refractivity contribution is 8.12. The summed E-state index contributed by atoms with van der Waals surface area (Å²) in [5.74, 6) is 0.497. The molecule has 1 fully saturated rings. The minimum absolute atomic E-state index is 0.0443. The molecule has 0 aliphatic heterocycles. The highest BCUT2D eigenvalue weighted by Gasteiger charge is 2.26. The lowest BCUT2D eigenvalue weighted by Gasteiger charge is -2.32. The van der Waals surface area contributed by atoms with Crippen LogP contribution in [0, 0.1) is 5.92 Å². The zero-order valence-electron chi connectivity index (χ0n) is 9.66. The van der Waals surface area contributed by atoms with Gasteiger partial charge >= 0.3 is 0 Å². The van der Waals surface area contributed by atoms with E-state index in [-0.39, 0.29) is 17.3 Å². The van der Waals surface area contributed by atoms with Crippen molar-refractivity contribution in [3.8, 4) is 0 Å². The zero-order chi connectivity index (χ0) is 11.3. The predicted octanol–water partition coefficient (Wildman–Crippen LogP) is 2.36. The molecule has 1 aliphatic rings. The van der Waals surface area contributed by atoms with Crippen molar-refractivity contribution in [2.45, 2.75) is 51.1 Å². The molecule has 3 nitrogen and oxygen atoms in total. The smallest absolute Gasteiger partial charge is 0.279 e. The van der Waals surface area contributed by atoms with Gasteiger partial charge in [0.05, 0.1) is 0 Å². The Morgan fingerprint density at radius 1 is 1.33 bits per heavy atom. The summed E-state index contributed by atoms with van der Waals surface area (Å²) < 4.78 is 0. The number of carbonyl (C=O) groups excluding carboxylic acids is 1. The molecule has 0 aromatic rings. The van der Waals surface area contributed by atoms with Gasteiger partial charge in [0.15, 0.2) is 0 Å². The number of amides is 1. The zero-order valence-corrected chi connectivity index (χ0v) is 10.5. The van der Waals surface area contributed by atoms with Crippen LogP contribution in [0.1, 0.15) is 39.0 Å². The van der Waals surface area contributed by atoms with Crippen molar-refractivity contribution in [2.24, 2.45) is 11.7 Å². The van der Waals surface area contributed by atoms with Crippen LogP contribution >= 0.6 is 11.8 Å². The van der Waals surface area contributed by atoms with E-state index in [2.05, 4.69) is 12.2 Å². The molecule has 1 aliphatic carbocycles. The number of carbonyl (C=O) groups is 1. The first-order chi connectivity index (χ1) is 7.15. The molecule has 88 valence electrons. The van der Waals surface area contributed by atoms with Crippen LogP contribution in [0.15, 0.2) is 0 Å². The van der Waals surface area contributed by atoms with Crippen LogP contribution in [0.25, 0.3) is 0 Å². The van der Waals surface area contributed by atoms with Gasteiger partial charge in [0, 0.05) is 12.1 Å². The Kier molecular flexibility index (Phi) is 5.47. The molecular formula is C11H22N2OS. The molecule has 3 unspecified atom stereocenters. The Labute approximate surface area is 96.6 Å². The van der Waals surface area contributed by atoms with Gasteiger partial charge in [-0.3, -0.25) is 4.79 Å². The van der Waals surface area contributed by atoms with E-state index in [9.17, 15) is 4.79 Å². The van der Waals surface area contributed by atoms with Gasteiger partial charge in [0.25, 0.3) is 5.24 Å². The molecule has 3 N–H and O–H groups in total. The minimum Gasteiger partial charge on any atom is -0.342 e. The van der Waals surface area contributed by atoms with Gasteiger partial charge in [-0.2, -0.15) is 0 Å². The van der Waals surface area contributed by atoms with E-state index in [4.69, 9.17) is 5.73 Å². The number of hydrogen-bond donors (Lipinski definition) is 2. The summed E-state index contributed by atoms with van der Waals surface area (Å²) in [5.41, 5.74) is 6.12. The Morgan fingerprint density at radius 3 is 2.67 bits per heavy atom. The molecule has 0 spiro atoms. The number of rotatable bonds is 1. The molecule has 0 radical (unpaired) electrons. The maximum absolute atomic E-state index is 11.4. The molecule has 0 aromatic heterocycles. The lowest BCUT2D eigenvalue weighted by atomic mass is 9.85. The quantitative estimate of drug-likeness (QED) is 0.727. The number of hydrogen-bond acceptors (Lipinski definition) is 3. The molecule has 0 bridgehead atoms. The fraction of sp³-hybridized carbons (Fsp3) is 0.909. The molecule has 0 saturated heterocycles. The van der Waals surface area contributed by atoms with Crippen molar-refractivity contribution in [1.29, 1.82) is 0 Å². The number of nitrogens with one attached hydrogen (secondary N) is 1. The first kappa shape index (κ1) is 12.8. The first-order valence-corrected chi connectivity index (χ1v) is 6.97. The number of nitrogens with two attached hydrogens (primary N) is 1. The third-order valence-corrected chi connectivity index (χ3v) is 3.73. The normalized spacial score (nSPS) is 32.9. The average molecular weight is 230 g/mol. The maximum Gasteiger partial charge on any atom is 0.279 e. The average Bonchev–Trinajstić information content (AvgIpc) is 2.22. The highest BCUT2D eigenvalue weighted by Crippen LogP contribution is 2.22. The lowest BCUT2D eigenvalue weighted by Crippen LogP contribution is -2.50. The van der Waals surface area contributed by atoms with Crippen LogP contribution in [0.2, 0.25) is 0 Å². The van der Waals surface area contributed by atoms with Crippen LogP contribution in [0.5, 0.6) is 0 Å². The number of thioether (sulfide) groups is 1. The maximum atomic E-state index is 11.4. The lowest BCUT2D eigenvalue weighted by molar-refractivity contribution is 0.238. The fourth-order valence-corrected chi connectivity index (χ4v) is 2.50. The van der Waals surface area contributed by atoms with Gasteiger partial charge in [0.1, 0.15) is 0 Å². The summed E-state index contributed by atoms with van der Waals surface area (Å²) in [6, 6.07) is 0.279. The fourth-order valence-electron chi connectivity index (χ4n) is 2.25. The van der Waals surface area contributed by atoms with Crippen molar-refractivity contribution in [3.63, 3.8) is 0 Å². The van der Waals surface area contributed by atoms with Crippen molar-refractivity contribution in [1.82, 2.24) is 5.32 Å². The predicted molar refractivity (Wildman–Crippen MR) is 66.1 cm³/mol. The Hall–Kier alpha value is -0.220. The van der Waals surface area contributed by atoms with E-state index < -0.39 is 0 Å². The second kappa shape index (κ2) is 6.38. The SMILES string of the molecule is CSC(=O)NC1C(C)CCCCCC1N. The summed E-state index contributed by atoms with van der Waals surface area (Å²) in [5, 5.41) is 3.08. The van der Waals surface area contributed by atoms with Gasteiger partial charge < -0.3 is 11.1 Å². The van der Waals surface area contributed by atoms with Crippen LogP contribution in [0.4, 0.5) is 4.79 Å². The van der Waals surface area contributed by atoms with Gasteiger partial charge in [-0.15, -0.1) is 0 Å². The van der Waals surface area contributed by atoms with Crippen LogP contribution in [-0.2, 0) is 0 Å². The second-order valence-corrected chi connectivity index (χ2v) is 5.22. The molecule has 4 heteroatoms. The van der Waals surface area contributed by atoms with E-state index in [0.29, 0.717) is 5.92 Å². The van der Waals surface area contributed by atoms with E-state index in [1.807, 2.05) is 0 Å². The van der Waals surface area contributed by atoms with E-state index in [0.717, 1.165) is 6.42 Å². The van der Waals surface area contributed by atoms with E-state index in [1.54, 1.807) is 6.26 Å². The van der Waals surface area contributed by atoms with Crippen molar-refractivity contribution in [3.05, 3.63) is 0 Å². The molecule has 3 atom stereocenters. The standard InChI is InChI=1S/C11H22N2OS/c1-8-6-4-3-5-7-9(12)10(8)13-11(14)15-2/h8-10H,3-7,12H2,1-2H3,(H,13,14). The Balaban J connectivity index is 2.56. The van der Waals surface area contributed by atoms with Crippen LogP contribution in [-0.4, -0.2) is 23.6 Å². The first-order valence-electron chi connectivity index (χ1n) is 5.75. The van der Waals surface area contributed by atoms with Crippen LogP contribution < -0.4 is 11.1 Å². The van der Waals surface area contributed by atoms with Crippen LogP contribution in [0.3, 0.4) is 0 Å². The van der Waals surface area contributed by atoms with E-state index in [1.165, 1.54) is 37.4 Å². The second-order valence-electron chi connectivity index (χ2n) is 4.44. The van der Waals surface area contributed by atoms with Gasteiger partial charge in [0.2, 0.25) is 0 Å². The Morgan fingerprint density at radius 2 is 2.00 bits per heavy atom. The molecule has 15 heavy (non-hydrogen) atoms. The summed E-state index contributed by atoms with van der Waals surface area (Å²) in [4.78, 5) is 11.4. The molecule has 1 rings (SSSR count). The van der Waals surface area contributed by atoms with Crippen molar-refractivity contribution >= 4 is 17.0 Å². The van der Waals surface area contributed by atoms with E-state index >= 15 is 0 Å². The summed E-state index contributed by atoms with van der Waals surface area (Å²) >= 11 is 1.23. The Bertz CT molecular complexity index is 199. The third-order valence-electron chi connectivity index (χ3n) is 3.24. The monoisotopic (exact) mass is 230 g/mol.